The van der Waals surface area contributed by atoms with E-state index in [1.54, 1.807) is 6.26 Å². The van der Waals surface area contributed by atoms with Crippen LogP contribution in [0.3, 0.4) is 0 Å². The highest BCUT2D eigenvalue weighted by atomic mass is 16.5. The standard InChI is InChI=1S/C30H52O4/c1-9-10-11-22(2)12-13-23(3)14-15-24(4)20-28(8)30(33)26(6)17-19-34-18-16-25(5)27(7)21-29(31)32/h9-11,17,19-20,22-23,25-28,30,33H,1,12-16,18,21H2,2-8H3,(H,31,32)/b11-10-,19-17-,24-20-/t22?,23?,25-,26?,27?,28?,30?/m0/s1. The fourth-order valence-corrected chi connectivity index (χ4v) is 4.02. The SMILES string of the molecule is C=C/C=C\C(C)CCC(C)CC/C(C)=C\C(C)C(O)C(C)/C=C\OCC[C@H](C)C(C)CC(=O)O. The lowest BCUT2D eigenvalue weighted by molar-refractivity contribution is -0.138. The number of carboxylic acid groups (broad SMARTS) is 1. The van der Waals surface area contributed by atoms with Crippen LogP contribution in [-0.4, -0.2) is 28.9 Å². The van der Waals surface area contributed by atoms with Gasteiger partial charge in [-0.1, -0.05) is 84.4 Å². The van der Waals surface area contributed by atoms with Crippen LogP contribution in [0.4, 0.5) is 0 Å². The van der Waals surface area contributed by atoms with Gasteiger partial charge in [0.2, 0.25) is 0 Å². The van der Waals surface area contributed by atoms with Crippen molar-refractivity contribution in [1.82, 2.24) is 0 Å². The largest absolute Gasteiger partial charge is 0.502 e. The second-order valence-corrected chi connectivity index (χ2v) is 10.6. The van der Waals surface area contributed by atoms with Gasteiger partial charge < -0.3 is 14.9 Å². The zero-order chi connectivity index (χ0) is 26.1. The summed E-state index contributed by atoms with van der Waals surface area (Å²) in [5.41, 5.74) is 1.34. The minimum Gasteiger partial charge on any atom is -0.502 e. The molecule has 0 aliphatic carbocycles. The van der Waals surface area contributed by atoms with Crippen LogP contribution in [0.25, 0.3) is 0 Å². The Hall–Kier alpha value is -1.81. The van der Waals surface area contributed by atoms with Gasteiger partial charge in [0.25, 0.3) is 0 Å². The van der Waals surface area contributed by atoms with Gasteiger partial charge in [-0.3, -0.25) is 4.79 Å². The van der Waals surface area contributed by atoms with Crippen LogP contribution in [-0.2, 0) is 9.53 Å². The van der Waals surface area contributed by atoms with E-state index in [1.165, 1.54) is 24.8 Å². The van der Waals surface area contributed by atoms with E-state index in [9.17, 15) is 9.90 Å². The number of aliphatic carboxylic acids is 1. The van der Waals surface area contributed by atoms with Gasteiger partial charge in [-0.2, -0.15) is 0 Å². The van der Waals surface area contributed by atoms with Crippen molar-refractivity contribution in [3.8, 4) is 0 Å². The lowest BCUT2D eigenvalue weighted by Crippen LogP contribution is -2.23. The monoisotopic (exact) mass is 476 g/mol. The topological polar surface area (TPSA) is 66.8 Å². The van der Waals surface area contributed by atoms with Crippen molar-refractivity contribution in [3.05, 3.63) is 48.8 Å². The van der Waals surface area contributed by atoms with E-state index in [0.29, 0.717) is 24.4 Å². The van der Waals surface area contributed by atoms with Gasteiger partial charge in [-0.15, -0.1) is 0 Å². The molecule has 0 aromatic carbocycles. The highest BCUT2D eigenvalue weighted by Gasteiger charge is 2.18. The molecule has 0 radical (unpaired) electrons. The van der Waals surface area contributed by atoms with Crippen LogP contribution in [0.1, 0.15) is 87.0 Å². The summed E-state index contributed by atoms with van der Waals surface area (Å²) in [7, 11) is 0. The predicted molar refractivity (Wildman–Crippen MR) is 145 cm³/mol. The Labute approximate surface area is 209 Å². The number of aliphatic hydroxyl groups excluding tert-OH is 1. The molecule has 0 heterocycles. The number of carboxylic acids is 1. The molecule has 0 saturated carbocycles. The van der Waals surface area contributed by atoms with Crippen molar-refractivity contribution < 1.29 is 19.7 Å². The number of carbonyl (C=O) groups is 1. The maximum Gasteiger partial charge on any atom is 0.303 e. The average molecular weight is 477 g/mol. The third-order valence-corrected chi connectivity index (χ3v) is 6.98. The first-order chi connectivity index (χ1) is 16.0. The van der Waals surface area contributed by atoms with Crippen molar-refractivity contribution in [2.24, 2.45) is 35.5 Å². The van der Waals surface area contributed by atoms with E-state index < -0.39 is 12.1 Å². The second-order valence-electron chi connectivity index (χ2n) is 10.6. The summed E-state index contributed by atoms with van der Waals surface area (Å²) >= 11 is 0. The summed E-state index contributed by atoms with van der Waals surface area (Å²) in [6.45, 7) is 19.1. The van der Waals surface area contributed by atoms with E-state index in [-0.39, 0.29) is 24.2 Å². The fraction of sp³-hybridized carbons (Fsp3) is 0.700. The third kappa shape index (κ3) is 15.9. The van der Waals surface area contributed by atoms with Crippen molar-refractivity contribution in [1.29, 1.82) is 0 Å². The molecule has 4 nitrogen and oxygen atoms in total. The van der Waals surface area contributed by atoms with Crippen LogP contribution in [0, 0.1) is 35.5 Å². The summed E-state index contributed by atoms with van der Waals surface area (Å²) in [6, 6.07) is 0. The highest BCUT2D eigenvalue weighted by molar-refractivity contribution is 5.66. The molecule has 0 bridgehead atoms. The predicted octanol–water partition coefficient (Wildman–Crippen LogP) is 7.81. The zero-order valence-corrected chi connectivity index (χ0v) is 22.9. The van der Waals surface area contributed by atoms with Gasteiger partial charge in [-0.05, 0) is 62.4 Å². The maximum absolute atomic E-state index is 10.8. The van der Waals surface area contributed by atoms with E-state index in [4.69, 9.17) is 9.84 Å². The number of allylic oxidation sites excluding steroid dienone is 4. The Morgan fingerprint density at radius 3 is 2.24 bits per heavy atom. The summed E-state index contributed by atoms with van der Waals surface area (Å²) in [5, 5.41) is 19.6. The Bertz CT molecular complexity index is 648. The van der Waals surface area contributed by atoms with Gasteiger partial charge in [0, 0.05) is 18.3 Å². The van der Waals surface area contributed by atoms with Crippen molar-refractivity contribution >= 4 is 5.97 Å². The number of aliphatic hydroxyl groups is 1. The molecule has 0 fully saturated rings. The molecule has 0 rings (SSSR count). The number of ether oxygens (including phenoxy) is 1. The summed E-state index contributed by atoms with van der Waals surface area (Å²) in [4.78, 5) is 10.8. The van der Waals surface area contributed by atoms with E-state index in [2.05, 4.69) is 53.3 Å². The quantitative estimate of drug-likeness (QED) is 0.0863. The summed E-state index contributed by atoms with van der Waals surface area (Å²) in [6.07, 6.45) is 17.1. The van der Waals surface area contributed by atoms with E-state index >= 15 is 0 Å². The molecule has 0 aliphatic rings. The lowest BCUT2D eigenvalue weighted by Gasteiger charge is -2.21. The van der Waals surface area contributed by atoms with E-state index in [1.807, 2.05) is 32.1 Å². The Morgan fingerprint density at radius 2 is 1.62 bits per heavy atom. The fourth-order valence-electron chi connectivity index (χ4n) is 4.02. The first-order valence-corrected chi connectivity index (χ1v) is 13.1. The maximum atomic E-state index is 10.8. The van der Waals surface area contributed by atoms with Crippen molar-refractivity contribution in [2.45, 2.75) is 93.1 Å². The molecule has 0 spiro atoms. The van der Waals surface area contributed by atoms with Crippen LogP contribution in [0.15, 0.2) is 48.8 Å². The molecule has 0 aromatic heterocycles. The van der Waals surface area contributed by atoms with Crippen molar-refractivity contribution in [2.75, 3.05) is 6.61 Å². The lowest BCUT2D eigenvalue weighted by atomic mass is 9.89. The van der Waals surface area contributed by atoms with Crippen LogP contribution in [0.5, 0.6) is 0 Å². The molecule has 2 N–H and O–H groups in total. The average Bonchev–Trinajstić information content (AvgIpc) is 2.78. The second kappa shape index (κ2) is 18.5. The van der Waals surface area contributed by atoms with Crippen LogP contribution >= 0.6 is 0 Å². The van der Waals surface area contributed by atoms with Gasteiger partial charge in [0.1, 0.15) is 0 Å². The van der Waals surface area contributed by atoms with Gasteiger partial charge in [-0.25, -0.2) is 0 Å². The molecule has 0 saturated heterocycles. The number of hydrogen-bond donors (Lipinski definition) is 2. The molecular weight excluding hydrogens is 424 g/mol. The molecule has 6 unspecified atom stereocenters. The minimum atomic E-state index is -0.752. The summed E-state index contributed by atoms with van der Waals surface area (Å²) in [5.74, 6) is 1.03. The smallest absolute Gasteiger partial charge is 0.303 e. The first kappa shape index (κ1) is 32.2. The zero-order valence-electron chi connectivity index (χ0n) is 22.9. The molecule has 7 atom stereocenters. The molecule has 0 amide bonds. The molecular formula is C30H52O4. The van der Waals surface area contributed by atoms with Crippen LogP contribution < -0.4 is 0 Å². The molecule has 196 valence electrons. The molecule has 0 aliphatic heterocycles. The highest BCUT2D eigenvalue weighted by Crippen LogP contribution is 2.23. The molecule has 4 heteroatoms. The Morgan fingerprint density at radius 1 is 0.941 bits per heavy atom. The van der Waals surface area contributed by atoms with Gasteiger partial charge in [0.15, 0.2) is 0 Å². The number of rotatable bonds is 19. The normalized spacial score (nSPS) is 18.9. The van der Waals surface area contributed by atoms with Crippen LogP contribution in [0.2, 0.25) is 0 Å². The molecule has 34 heavy (non-hydrogen) atoms. The number of hydrogen-bond acceptors (Lipinski definition) is 3. The minimum absolute atomic E-state index is 0.00793. The third-order valence-electron chi connectivity index (χ3n) is 6.98. The first-order valence-electron chi connectivity index (χ1n) is 13.1. The van der Waals surface area contributed by atoms with E-state index in [0.717, 1.165) is 12.8 Å². The Kier molecular flexibility index (Phi) is 17.5. The van der Waals surface area contributed by atoms with Gasteiger partial charge >= 0.3 is 5.97 Å². The summed E-state index contributed by atoms with van der Waals surface area (Å²) < 4.78 is 5.60. The van der Waals surface area contributed by atoms with Gasteiger partial charge in [0.05, 0.1) is 19.0 Å². The van der Waals surface area contributed by atoms with Crippen molar-refractivity contribution in [3.63, 3.8) is 0 Å². The Balaban J connectivity index is 4.33. The molecule has 0 aromatic rings.